The Hall–Kier alpha value is -1.06. The van der Waals surface area contributed by atoms with Crippen molar-refractivity contribution in [2.75, 3.05) is 19.6 Å². The highest BCUT2D eigenvalue weighted by Gasteiger charge is 2.35. The van der Waals surface area contributed by atoms with Crippen LogP contribution in [0.25, 0.3) is 0 Å². The third kappa shape index (κ3) is 2.20. The van der Waals surface area contributed by atoms with E-state index in [0.717, 1.165) is 19.5 Å². The molecule has 1 N–H and O–H groups in total. The van der Waals surface area contributed by atoms with Gasteiger partial charge in [0.2, 0.25) is 11.8 Å². The van der Waals surface area contributed by atoms with Gasteiger partial charge in [-0.1, -0.05) is 13.8 Å². The van der Waals surface area contributed by atoms with Crippen molar-refractivity contribution in [1.29, 1.82) is 0 Å². The van der Waals surface area contributed by atoms with Crippen molar-refractivity contribution in [3.8, 4) is 0 Å². The van der Waals surface area contributed by atoms with Crippen LogP contribution in [0.2, 0.25) is 0 Å². The summed E-state index contributed by atoms with van der Waals surface area (Å²) in [6.07, 6.45) is 1.49. The van der Waals surface area contributed by atoms with Gasteiger partial charge in [0.15, 0.2) is 0 Å². The zero-order valence-electron chi connectivity index (χ0n) is 10.0. The molecule has 90 valence electrons. The molecule has 2 amide bonds. The van der Waals surface area contributed by atoms with E-state index in [-0.39, 0.29) is 17.7 Å². The van der Waals surface area contributed by atoms with Gasteiger partial charge < -0.3 is 10.2 Å². The van der Waals surface area contributed by atoms with Gasteiger partial charge in [-0.25, -0.2) is 0 Å². The van der Waals surface area contributed by atoms with E-state index in [0.29, 0.717) is 24.8 Å². The molecule has 0 radical (unpaired) electrons. The van der Waals surface area contributed by atoms with Crippen LogP contribution in [0.4, 0.5) is 0 Å². The maximum atomic E-state index is 12.1. The molecule has 2 aliphatic heterocycles. The SMILES string of the molecule is CC(C)C1CCN(C(=O)C2CNC(=O)C2)C1. The van der Waals surface area contributed by atoms with E-state index < -0.39 is 0 Å². The molecule has 2 fully saturated rings. The van der Waals surface area contributed by atoms with Crippen LogP contribution in [0.15, 0.2) is 0 Å². The Morgan fingerprint density at radius 2 is 2.25 bits per heavy atom. The Bertz CT molecular complexity index is 301. The van der Waals surface area contributed by atoms with Gasteiger partial charge in [0.25, 0.3) is 0 Å². The van der Waals surface area contributed by atoms with Gasteiger partial charge in [-0.05, 0) is 18.3 Å². The third-order valence-corrected chi connectivity index (χ3v) is 3.81. The number of carbonyl (C=O) groups excluding carboxylic acids is 2. The van der Waals surface area contributed by atoms with E-state index in [9.17, 15) is 9.59 Å². The molecule has 16 heavy (non-hydrogen) atoms. The van der Waals surface area contributed by atoms with Crippen LogP contribution in [0.3, 0.4) is 0 Å². The normalized spacial score (nSPS) is 29.9. The van der Waals surface area contributed by atoms with Gasteiger partial charge in [-0.3, -0.25) is 9.59 Å². The van der Waals surface area contributed by atoms with E-state index in [1.807, 2.05) is 4.90 Å². The summed E-state index contributed by atoms with van der Waals surface area (Å²) in [4.78, 5) is 25.1. The van der Waals surface area contributed by atoms with Crippen LogP contribution in [-0.2, 0) is 9.59 Å². The van der Waals surface area contributed by atoms with Crippen molar-refractivity contribution in [2.45, 2.75) is 26.7 Å². The molecule has 0 aromatic carbocycles. The minimum atomic E-state index is -0.113. The molecular formula is C12H20N2O2. The zero-order valence-corrected chi connectivity index (χ0v) is 10.0. The van der Waals surface area contributed by atoms with Gasteiger partial charge in [0, 0.05) is 26.1 Å². The van der Waals surface area contributed by atoms with E-state index in [1.54, 1.807) is 0 Å². The first-order valence-corrected chi connectivity index (χ1v) is 6.13. The van der Waals surface area contributed by atoms with Gasteiger partial charge in [-0.15, -0.1) is 0 Å². The minimum absolute atomic E-state index is 0.0120. The highest BCUT2D eigenvalue weighted by molar-refractivity contribution is 5.89. The summed E-state index contributed by atoms with van der Waals surface area (Å²) in [7, 11) is 0. The Labute approximate surface area is 96.4 Å². The summed E-state index contributed by atoms with van der Waals surface area (Å²) in [6, 6.07) is 0. The van der Waals surface area contributed by atoms with Crippen LogP contribution in [-0.4, -0.2) is 36.3 Å². The topological polar surface area (TPSA) is 49.4 Å². The maximum Gasteiger partial charge on any atom is 0.227 e. The van der Waals surface area contributed by atoms with Gasteiger partial charge in [-0.2, -0.15) is 0 Å². The number of likely N-dealkylation sites (tertiary alicyclic amines) is 1. The summed E-state index contributed by atoms with van der Waals surface area (Å²) in [5, 5.41) is 2.72. The molecular weight excluding hydrogens is 204 g/mol. The molecule has 0 saturated carbocycles. The molecule has 2 rings (SSSR count). The largest absolute Gasteiger partial charge is 0.355 e. The second-order valence-corrected chi connectivity index (χ2v) is 5.28. The monoisotopic (exact) mass is 224 g/mol. The first kappa shape index (κ1) is 11.4. The van der Waals surface area contributed by atoms with Crippen LogP contribution in [0.1, 0.15) is 26.7 Å². The molecule has 2 heterocycles. The van der Waals surface area contributed by atoms with Crippen molar-refractivity contribution in [1.82, 2.24) is 10.2 Å². The Kier molecular flexibility index (Phi) is 3.17. The van der Waals surface area contributed by atoms with Crippen molar-refractivity contribution >= 4 is 11.8 Å². The lowest BCUT2D eigenvalue weighted by molar-refractivity contribution is -0.135. The molecule has 4 heteroatoms. The fourth-order valence-electron chi connectivity index (χ4n) is 2.57. The Balaban J connectivity index is 1.89. The van der Waals surface area contributed by atoms with Gasteiger partial charge in [0.1, 0.15) is 0 Å². The molecule has 2 atom stereocenters. The lowest BCUT2D eigenvalue weighted by Crippen LogP contribution is -2.35. The van der Waals surface area contributed by atoms with Crippen LogP contribution >= 0.6 is 0 Å². The number of nitrogens with zero attached hydrogens (tertiary/aromatic N) is 1. The summed E-state index contributed by atoms with van der Waals surface area (Å²) < 4.78 is 0. The van der Waals surface area contributed by atoms with Crippen LogP contribution in [0, 0.1) is 17.8 Å². The quantitative estimate of drug-likeness (QED) is 0.748. The Morgan fingerprint density at radius 1 is 1.50 bits per heavy atom. The van der Waals surface area contributed by atoms with E-state index in [4.69, 9.17) is 0 Å². The Morgan fingerprint density at radius 3 is 2.75 bits per heavy atom. The molecule has 2 saturated heterocycles. The average Bonchev–Trinajstić information content (AvgIpc) is 2.84. The first-order valence-electron chi connectivity index (χ1n) is 6.13. The second kappa shape index (κ2) is 4.44. The summed E-state index contributed by atoms with van der Waals surface area (Å²) in [5.41, 5.74) is 0. The van der Waals surface area contributed by atoms with E-state index >= 15 is 0 Å². The number of hydrogen-bond acceptors (Lipinski definition) is 2. The van der Waals surface area contributed by atoms with Gasteiger partial charge in [0.05, 0.1) is 5.92 Å². The molecule has 0 spiro atoms. The molecule has 2 aliphatic rings. The smallest absolute Gasteiger partial charge is 0.227 e. The summed E-state index contributed by atoms with van der Waals surface area (Å²) in [5.74, 6) is 1.34. The summed E-state index contributed by atoms with van der Waals surface area (Å²) in [6.45, 7) is 6.69. The van der Waals surface area contributed by atoms with Crippen LogP contribution < -0.4 is 5.32 Å². The molecule has 2 unspecified atom stereocenters. The lowest BCUT2D eigenvalue weighted by atomic mass is 9.95. The fraction of sp³-hybridized carbons (Fsp3) is 0.833. The van der Waals surface area contributed by atoms with Crippen LogP contribution in [0.5, 0.6) is 0 Å². The summed E-state index contributed by atoms with van der Waals surface area (Å²) >= 11 is 0. The second-order valence-electron chi connectivity index (χ2n) is 5.28. The zero-order chi connectivity index (χ0) is 11.7. The number of amides is 2. The van der Waals surface area contributed by atoms with E-state index in [1.165, 1.54) is 0 Å². The lowest BCUT2D eigenvalue weighted by Gasteiger charge is -2.20. The first-order chi connectivity index (χ1) is 7.58. The number of hydrogen-bond donors (Lipinski definition) is 1. The molecule has 4 nitrogen and oxygen atoms in total. The van der Waals surface area contributed by atoms with Crippen molar-refractivity contribution in [2.24, 2.45) is 17.8 Å². The number of carbonyl (C=O) groups is 2. The number of nitrogens with one attached hydrogen (secondary N) is 1. The highest BCUT2D eigenvalue weighted by Crippen LogP contribution is 2.25. The molecule has 0 bridgehead atoms. The predicted molar refractivity (Wildman–Crippen MR) is 60.6 cm³/mol. The average molecular weight is 224 g/mol. The predicted octanol–water partition coefficient (Wildman–Crippen LogP) is 0.627. The maximum absolute atomic E-state index is 12.1. The van der Waals surface area contributed by atoms with Crippen molar-refractivity contribution in [3.63, 3.8) is 0 Å². The fourth-order valence-corrected chi connectivity index (χ4v) is 2.57. The highest BCUT2D eigenvalue weighted by atomic mass is 16.2. The van der Waals surface area contributed by atoms with Gasteiger partial charge >= 0.3 is 0 Å². The van der Waals surface area contributed by atoms with Crippen molar-refractivity contribution < 1.29 is 9.59 Å². The third-order valence-electron chi connectivity index (χ3n) is 3.81. The molecule has 0 aliphatic carbocycles. The van der Waals surface area contributed by atoms with Crippen molar-refractivity contribution in [3.05, 3.63) is 0 Å². The standard InChI is InChI=1S/C12H20N2O2/c1-8(2)9-3-4-14(7-9)12(16)10-5-11(15)13-6-10/h8-10H,3-7H2,1-2H3,(H,13,15). The minimum Gasteiger partial charge on any atom is -0.355 e. The molecule has 0 aromatic heterocycles. The van der Waals surface area contributed by atoms with E-state index in [2.05, 4.69) is 19.2 Å². The number of rotatable bonds is 2. The molecule has 0 aromatic rings.